The zero-order valence-corrected chi connectivity index (χ0v) is 17.4. The third kappa shape index (κ3) is 4.58. The van der Waals surface area contributed by atoms with Gasteiger partial charge in [0.1, 0.15) is 0 Å². The van der Waals surface area contributed by atoms with E-state index in [1.165, 1.54) is 25.0 Å². The Bertz CT molecular complexity index is 654. The number of carbonyl (C=O) groups excluding carboxylic acids is 1. The number of hydrogen-bond acceptors (Lipinski definition) is 5. The molecular weight excluding hydrogens is 372 g/mol. The van der Waals surface area contributed by atoms with Crippen molar-refractivity contribution in [3.05, 3.63) is 24.3 Å². The summed E-state index contributed by atoms with van der Waals surface area (Å²) < 4.78 is 5.53. The Morgan fingerprint density at radius 2 is 1.89 bits per heavy atom. The molecule has 3 heterocycles. The van der Waals surface area contributed by atoms with E-state index < -0.39 is 0 Å². The number of urea groups is 1. The molecule has 2 N–H and O–H groups in total. The first-order valence-electron chi connectivity index (χ1n) is 10.6. The van der Waals surface area contributed by atoms with Crippen LogP contribution in [0.4, 0.5) is 16.2 Å². The molecule has 1 aromatic carbocycles. The number of hydrogen-bond donors (Lipinski definition) is 2. The number of thioether (sulfide) groups is 1. The SMILES string of the molecule is O=C(NC[C@@]1(N2CCOCC2)CCSC1)Nc1ccccc1N1CCCCC1. The van der Waals surface area contributed by atoms with Crippen LogP contribution in [-0.4, -0.2) is 73.9 Å². The van der Waals surface area contributed by atoms with Crippen LogP contribution in [0.15, 0.2) is 24.3 Å². The van der Waals surface area contributed by atoms with Crippen LogP contribution in [0.1, 0.15) is 25.7 Å². The van der Waals surface area contributed by atoms with E-state index in [1.54, 1.807) is 0 Å². The number of benzene rings is 1. The van der Waals surface area contributed by atoms with Gasteiger partial charge in [0.15, 0.2) is 0 Å². The van der Waals surface area contributed by atoms with E-state index in [4.69, 9.17) is 4.74 Å². The molecule has 4 rings (SSSR count). The first kappa shape index (κ1) is 19.9. The highest BCUT2D eigenvalue weighted by Gasteiger charge is 2.40. The lowest BCUT2D eigenvalue weighted by atomic mass is 9.95. The van der Waals surface area contributed by atoms with Crippen molar-refractivity contribution in [1.82, 2.24) is 10.2 Å². The normalized spacial score (nSPS) is 26.2. The molecule has 0 aliphatic carbocycles. The minimum atomic E-state index is -0.103. The molecule has 154 valence electrons. The average molecular weight is 405 g/mol. The number of rotatable bonds is 5. The predicted molar refractivity (Wildman–Crippen MR) is 117 cm³/mol. The monoisotopic (exact) mass is 404 g/mol. The van der Waals surface area contributed by atoms with E-state index in [9.17, 15) is 4.79 Å². The van der Waals surface area contributed by atoms with Gasteiger partial charge in [-0.3, -0.25) is 4.90 Å². The molecule has 0 bridgehead atoms. The van der Waals surface area contributed by atoms with Gasteiger partial charge in [0, 0.05) is 44.0 Å². The van der Waals surface area contributed by atoms with Crippen LogP contribution in [0.25, 0.3) is 0 Å². The molecular formula is C21H32N4O2S. The number of piperidine rings is 1. The molecule has 3 aliphatic heterocycles. The van der Waals surface area contributed by atoms with Crippen LogP contribution in [-0.2, 0) is 4.74 Å². The molecule has 3 fully saturated rings. The lowest BCUT2D eigenvalue weighted by Gasteiger charge is -2.43. The van der Waals surface area contributed by atoms with Crippen molar-refractivity contribution in [1.29, 1.82) is 0 Å². The highest BCUT2D eigenvalue weighted by molar-refractivity contribution is 7.99. The van der Waals surface area contributed by atoms with Gasteiger partial charge in [0.25, 0.3) is 0 Å². The van der Waals surface area contributed by atoms with Crippen molar-refractivity contribution in [2.45, 2.75) is 31.2 Å². The average Bonchev–Trinajstić information content (AvgIpc) is 3.24. The van der Waals surface area contributed by atoms with Crippen LogP contribution >= 0.6 is 11.8 Å². The second-order valence-corrected chi connectivity index (χ2v) is 9.10. The molecule has 0 unspecified atom stereocenters. The smallest absolute Gasteiger partial charge is 0.319 e. The van der Waals surface area contributed by atoms with Crippen LogP contribution in [0.5, 0.6) is 0 Å². The summed E-state index contributed by atoms with van der Waals surface area (Å²) in [6.45, 7) is 6.33. The third-order valence-corrected chi connectivity index (χ3v) is 7.43. The standard InChI is InChI=1S/C21H32N4O2S/c26-20(22-16-21(8-15-28-17-21)25-11-13-27-14-12-25)23-18-6-2-3-7-19(18)24-9-4-1-5-10-24/h2-3,6-7H,1,4-5,8-17H2,(H2,22,23,26)/t21-/m0/s1. The number of amides is 2. The maximum Gasteiger partial charge on any atom is 0.319 e. The summed E-state index contributed by atoms with van der Waals surface area (Å²) in [6.07, 6.45) is 4.87. The van der Waals surface area contributed by atoms with Crippen LogP contribution in [0.2, 0.25) is 0 Å². The topological polar surface area (TPSA) is 56.8 Å². The number of para-hydroxylation sites is 2. The molecule has 28 heavy (non-hydrogen) atoms. The van der Waals surface area contributed by atoms with E-state index >= 15 is 0 Å². The second-order valence-electron chi connectivity index (χ2n) is 8.00. The lowest BCUT2D eigenvalue weighted by molar-refractivity contribution is -0.0123. The van der Waals surface area contributed by atoms with E-state index in [-0.39, 0.29) is 11.6 Å². The van der Waals surface area contributed by atoms with Crippen molar-refractivity contribution in [2.24, 2.45) is 0 Å². The van der Waals surface area contributed by atoms with Crippen molar-refractivity contribution in [3.8, 4) is 0 Å². The summed E-state index contributed by atoms with van der Waals surface area (Å²) >= 11 is 1.99. The Labute approximate surface area is 172 Å². The van der Waals surface area contributed by atoms with E-state index in [0.717, 1.165) is 62.9 Å². The maximum atomic E-state index is 12.7. The summed E-state index contributed by atoms with van der Waals surface area (Å²) in [7, 11) is 0. The summed E-state index contributed by atoms with van der Waals surface area (Å²) in [6, 6.07) is 8.06. The summed E-state index contributed by atoms with van der Waals surface area (Å²) in [4.78, 5) is 17.7. The number of nitrogens with one attached hydrogen (secondary N) is 2. The van der Waals surface area contributed by atoms with Gasteiger partial charge in [-0.1, -0.05) is 12.1 Å². The summed E-state index contributed by atoms with van der Waals surface area (Å²) in [5.41, 5.74) is 2.11. The van der Waals surface area contributed by atoms with Gasteiger partial charge in [0.2, 0.25) is 0 Å². The molecule has 1 aromatic rings. The van der Waals surface area contributed by atoms with E-state index in [0.29, 0.717) is 6.54 Å². The molecule has 2 amide bonds. The molecule has 7 heteroatoms. The van der Waals surface area contributed by atoms with Gasteiger partial charge in [0.05, 0.1) is 24.6 Å². The molecule has 3 aliphatic rings. The number of nitrogens with zero attached hydrogens (tertiary/aromatic N) is 2. The first-order valence-corrected chi connectivity index (χ1v) is 11.7. The Balaban J connectivity index is 1.38. The molecule has 0 spiro atoms. The largest absolute Gasteiger partial charge is 0.379 e. The molecule has 0 radical (unpaired) electrons. The van der Waals surface area contributed by atoms with Crippen molar-refractivity contribution in [2.75, 3.05) is 67.7 Å². The number of carbonyl (C=O) groups is 1. The van der Waals surface area contributed by atoms with E-state index in [2.05, 4.69) is 32.6 Å². The maximum absolute atomic E-state index is 12.7. The second kappa shape index (κ2) is 9.37. The van der Waals surface area contributed by atoms with Crippen LogP contribution in [0.3, 0.4) is 0 Å². The Morgan fingerprint density at radius 3 is 2.64 bits per heavy atom. The zero-order chi connectivity index (χ0) is 19.2. The van der Waals surface area contributed by atoms with Gasteiger partial charge < -0.3 is 20.3 Å². The minimum Gasteiger partial charge on any atom is -0.379 e. The molecule has 6 nitrogen and oxygen atoms in total. The van der Waals surface area contributed by atoms with Crippen molar-refractivity contribution in [3.63, 3.8) is 0 Å². The number of morpholine rings is 1. The first-order chi connectivity index (χ1) is 13.8. The van der Waals surface area contributed by atoms with Gasteiger partial charge in [-0.15, -0.1) is 0 Å². The quantitative estimate of drug-likeness (QED) is 0.790. The van der Waals surface area contributed by atoms with Crippen molar-refractivity contribution >= 4 is 29.2 Å². The fourth-order valence-electron chi connectivity index (χ4n) is 4.54. The Morgan fingerprint density at radius 1 is 1.11 bits per heavy atom. The van der Waals surface area contributed by atoms with Gasteiger partial charge in [-0.2, -0.15) is 11.8 Å². The highest BCUT2D eigenvalue weighted by Crippen LogP contribution is 2.34. The third-order valence-electron chi connectivity index (χ3n) is 6.19. The van der Waals surface area contributed by atoms with Gasteiger partial charge in [-0.25, -0.2) is 4.79 Å². The minimum absolute atomic E-state index is 0.0676. The molecule has 1 atom stereocenters. The molecule has 0 saturated carbocycles. The highest BCUT2D eigenvalue weighted by atomic mass is 32.2. The van der Waals surface area contributed by atoms with E-state index in [1.807, 2.05) is 23.9 Å². The summed E-state index contributed by atoms with van der Waals surface area (Å²) in [5.74, 6) is 2.25. The fourth-order valence-corrected chi connectivity index (χ4v) is 6.01. The van der Waals surface area contributed by atoms with Gasteiger partial charge in [-0.05, 0) is 43.6 Å². The predicted octanol–water partition coefficient (Wildman–Crippen LogP) is 3.01. The molecule has 0 aromatic heterocycles. The Hall–Kier alpha value is -1.44. The van der Waals surface area contributed by atoms with Gasteiger partial charge >= 0.3 is 6.03 Å². The zero-order valence-electron chi connectivity index (χ0n) is 16.6. The fraction of sp³-hybridized carbons (Fsp3) is 0.667. The molecule has 3 saturated heterocycles. The summed E-state index contributed by atoms with van der Waals surface area (Å²) in [5, 5.41) is 6.29. The van der Waals surface area contributed by atoms with Crippen molar-refractivity contribution < 1.29 is 9.53 Å². The Kier molecular flexibility index (Phi) is 6.65. The lowest BCUT2D eigenvalue weighted by Crippen LogP contribution is -2.59. The van der Waals surface area contributed by atoms with Crippen LogP contribution in [0, 0.1) is 0 Å². The van der Waals surface area contributed by atoms with Crippen LogP contribution < -0.4 is 15.5 Å². The number of ether oxygens (including phenoxy) is 1. The number of anilines is 2.